The fraction of sp³-hybridized carbons (Fsp3) is 0.543. The van der Waals surface area contributed by atoms with Gasteiger partial charge in [0.05, 0.1) is 19.3 Å². The minimum Gasteiger partial charge on any atom is -0.508 e. The summed E-state index contributed by atoms with van der Waals surface area (Å²) in [6, 6.07) is 12.5. The number of guanidine groups is 1. The highest BCUT2D eigenvalue weighted by atomic mass is 16.5. The highest BCUT2D eigenvalue weighted by Crippen LogP contribution is 2.40. The molecule has 58 heavy (non-hydrogen) atoms. The summed E-state index contributed by atoms with van der Waals surface area (Å²) in [4.78, 5) is 30.1. The molecule has 0 unspecified atom stereocenters. The van der Waals surface area contributed by atoms with Gasteiger partial charge in [-0.15, -0.1) is 0 Å². The first kappa shape index (κ1) is 42.9. The van der Waals surface area contributed by atoms with E-state index in [0.29, 0.717) is 81.1 Å². The van der Waals surface area contributed by atoms with Crippen LogP contribution in [0.5, 0.6) is 17.2 Å². The standard InChI is InChI=1S/C46H60N4O8/c1-58-45-22-30-9-13-43(56)36(42(55)5-3-2-4-27-18-39-32(15-17-51)21-35(53)24-40(39)50-26-27)11-7-28(38(30)25-44(45)57)8-12-41(54)33-19-29-6-10-34(52)23-37(29)31(20-33)14-16-49-46(47)48/h6,10,19-20,22-23,25,27-28,32,36,39-42,50-52,54-55,57H,2-5,8-9,12-18,21,24,26H2,1H3,(H4,47,48,49)/t27-,28-,32-,36+,39+,40+,41-,42+/m0/s1. The average Bonchev–Trinajstić information content (AvgIpc) is 3.25. The number of benzene rings is 3. The molecule has 0 amide bonds. The first-order valence-corrected chi connectivity index (χ1v) is 20.9. The Balaban J connectivity index is 1.14. The summed E-state index contributed by atoms with van der Waals surface area (Å²) in [5.74, 6) is 6.77. The number of nitrogens with one attached hydrogen (secondary N) is 1. The summed E-state index contributed by atoms with van der Waals surface area (Å²) >= 11 is 0. The number of nitrogens with two attached hydrogens (primary N) is 2. The minimum atomic E-state index is -0.933. The third kappa shape index (κ3) is 10.7. The predicted molar refractivity (Wildman–Crippen MR) is 223 cm³/mol. The van der Waals surface area contributed by atoms with Crippen molar-refractivity contribution in [3.63, 3.8) is 0 Å². The van der Waals surface area contributed by atoms with Crippen LogP contribution in [0.3, 0.4) is 0 Å². The molecule has 12 nitrogen and oxygen atoms in total. The molecule has 3 aromatic rings. The molecule has 0 aromatic heterocycles. The number of aliphatic hydroxyl groups excluding tert-OH is 3. The fourth-order valence-electron chi connectivity index (χ4n) is 9.55. The number of aryl methyl sites for hydroxylation is 1. The quantitative estimate of drug-likeness (QED) is 0.0430. The summed E-state index contributed by atoms with van der Waals surface area (Å²) in [5, 5.41) is 59.0. The van der Waals surface area contributed by atoms with Crippen molar-refractivity contribution in [1.82, 2.24) is 5.32 Å². The summed E-state index contributed by atoms with van der Waals surface area (Å²) < 4.78 is 5.42. The van der Waals surface area contributed by atoms with E-state index in [2.05, 4.69) is 22.2 Å². The number of carbonyl (C=O) groups is 2. The largest absolute Gasteiger partial charge is 0.508 e. The second-order valence-electron chi connectivity index (χ2n) is 16.6. The van der Waals surface area contributed by atoms with Crippen molar-refractivity contribution in [3.8, 4) is 29.1 Å². The maximum atomic E-state index is 13.7. The van der Waals surface area contributed by atoms with Crippen molar-refractivity contribution in [2.75, 3.05) is 26.8 Å². The third-order valence-electron chi connectivity index (χ3n) is 12.6. The average molecular weight is 797 g/mol. The molecule has 8 atom stereocenters. The molecule has 1 saturated carbocycles. The predicted octanol–water partition coefficient (Wildman–Crippen LogP) is 4.68. The second kappa shape index (κ2) is 19.9. The number of phenols is 2. The molecular weight excluding hydrogens is 737 g/mol. The van der Waals surface area contributed by atoms with E-state index >= 15 is 0 Å². The van der Waals surface area contributed by atoms with Crippen LogP contribution in [-0.2, 0) is 22.4 Å². The lowest BCUT2D eigenvalue weighted by atomic mass is 9.67. The number of Topliss-reactive ketones (excluding diaryl/α,β-unsaturated/α-hetero) is 2. The van der Waals surface area contributed by atoms with Gasteiger partial charge in [-0.05, 0) is 139 Å². The number of phenolic OH excluding ortho intramolecular Hbond substituents is 2. The number of aliphatic imine (C=N–C) groups is 1. The molecule has 6 rings (SSSR count). The summed E-state index contributed by atoms with van der Waals surface area (Å²) in [6.45, 7) is 1.30. The number of ether oxygens (including phenoxy) is 1. The molecule has 1 heterocycles. The van der Waals surface area contributed by atoms with Gasteiger partial charge in [0.1, 0.15) is 17.5 Å². The molecule has 2 aliphatic carbocycles. The van der Waals surface area contributed by atoms with Crippen LogP contribution < -0.4 is 21.5 Å². The van der Waals surface area contributed by atoms with E-state index in [0.717, 1.165) is 59.7 Å². The molecule has 12 heteroatoms. The SMILES string of the molecule is COc1cc2c(cc1O)[C@H](CC[C@H](O)c1cc(CCN=C(N)N)c3cc(O)ccc3c1)C#C[C@H]([C@H](O)CCCC[C@@H]1CN[C@@H]3CC(=O)C[C@H](CCO)[C@H]3C1)C(=O)CC2. The highest BCUT2D eigenvalue weighted by Gasteiger charge is 2.40. The maximum absolute atomic E-state index is 13.7. The third-order valence-corrected chi connectivity index (χ3v) is 12.6. The van der Waals surface area contributed by atoms with Gasteiger partial charge in [0, 0.05) is 44.4 Å². The molecule has 1 saturated heterocycles. The van der Waals surface area contributed by atoms with Crippen LogP contribution in [0.25, 0.3) is 10.8 Å². The zero-order chi connectivity index (χ0) is 41.3. The number of piperidine rings is 1. The Morgan fingerprint density at radius 1 is 0.983 bits per heavy atom. The number of carbonyl (C=O) groups excluding carboxylic acids is 2. The first-order chi connectivity index (χ1) is 27.9. The van der Waals surface area contributed by atoms with Gasteiger partial charge in [-0.1, -0.05) is 36.8 Å². The number of aromatic hydroxyl groups is 2. The van der Waals surface area contributed by atoms with Crippen LogP contribution >= 0.6 is 0 Å². The van der Waals surface area contributed by atoms with Gasteiger partial charge < -0.3 is 47.1 Å². The van der Waals surface area contributed by atoms with Gasteiger partial charge in [0.25, 0.3) is 0 Å². The molecule has 2 fully saturated rings. The van der Waals surface area contributed by atoms with Gasteiger partial charge in [-0.25, -0.2) is 0 Å². The smallest absolute Gasteiger partial charge is 0.185 e. The Kier molecular flexibility index (Phi) is 14.7. The van der Waals surface area contributed by atoms with Crippen LogP contribution in [0.4, 0.5) is 0 Å². The van der Waals surface area contributed by atoms with Gasteiger partial charge in [-0.3, -0.25) is 14.6 Å². The van der Waals surface area contributed by atoms with Crippen LogP contribution in [-0.4, -0.2) is 82.0 Å². The van der Waals surface area contributed by atoms with Crippen molar-refractivity contribution in [1.29, 1.82) is 0 Å². The molecule has 312 valence electrons. The van der Waals surface area contributed by atoms with E-state index in [-0.39, 0.29) is 54.0 Å². The van der Waals surface area contributed by atoms with E-state index < -0.39 is 24.0 Å². The molecule has 1 aliphatic heterocycles. The van der Waals surface area contributed by atoms with Crippen molar-refractivity contribution in [2.45, 2.75) is 108 Å². The van der Waals surface area contributed by atoms with Crippen LogP contribution in [0.2, 0.25) is 0 Å². The van der Waals surface area contributed by atoms with Gasteiger partial charge in [-0.2, -0.15) is 0 Å². The second-order valence-corrected chi connectivity index (χ2v) is 16.6. The van der Waals surface area contributed by atoms with E-state index in [1.54, 1.807) is 30.3 Å². The van der Waals surface area contributed by atoms with Crippen molar-refractivity contribution in [3.05, 3.63) is 64.7 Å². The molecule has 3 aromatic carbocycles. The molecule has 0 bridgehead atoms. The lowest BCUT2D eigenvalue weighted by Crippen LogP contribution is -2.52. The fourth-order valence-corrected chi connectivity index (χ4v) is 9.55. The van der Waals surface area contributed by atoms with Gasteiger partial charge in [0.15, 0.2) is 23.2 Å². The number of fused-ring (bicyclic) bond motifs is 3. The Hall–Kier alpha value is -4.67. The highest BCUT2D eigenvalue weighted by molar-refractivity contribution is 5.88. The maximum Gasteiger partial charge on any atom is 0.185 e. The number of hydrogen-bond donors (Lipinski definition) is 8. The van der Waals surface area contributed by atoms with Crippen LogP contribution in [0.15, 0.2) is 47.5 Å². The van der Waals surface area contributed by atoms with E-state index in [1.165, 1.54) is 7.11 Å². The summed E-state index contributed by atoms with van der Waals surface area (Å²) in [5.41, 5.74) is 14.3. The van der Waals surface area contributed by atoms with Gasteiger partial charge in [0.2, 0.25) is 0 Å². The normalized spacial score (nSPS) is 24.3. The van der Waals surface area contributed by atoms with Crippen LogP contribution in [0.1, 0.15) is 105 Å². The molecular formula is C46H60N4O8. The lowest BCUT2D eigenvalue weighted by Gasteiger charge is -2.44. The van der Waals surface area contributed by atoms with E-state index in [4.69, 9.17) is 16.2 Å². The molecule has 0 radical (unpaired) electrons. The topological polar surface area (TPSA) is 221 Å². The minimum absolute atomic E-state index is 0.0144. The lowest BCUT2D eigenvalue weighted by molar-refractivity contribution is -0.125. The summed E-state index contributed by atoms with van der Waals surface area (Å²) in [7, 11) is 1.48. The Labute approximate surface area is 341 Å². The molecule has 3 aliphatic rings. The van der Waals surface area contributed by atoms with Crippen molar-refractivity contribution in [2.24, 2.45) is 40.1 Å². The number of methoxy groups -OCH3 is 1. The Bertz CT molecular complexity index is 2020. The van der Waals surface area contributed by atoms with Crippen LogP contribution in [0, 0.1) is 35.5 Å². The first-order valence-electron chi connectivity index (χ1n) is 20.9. The monoisotopic (exact) mass is 796 g/mol. The van der Waals surface area contributed by atoms with E-state index in [1.807, 2.05) is 12.1 Å². The number of unbranched alkanes of at least 4 members (excludes halogenated alkanes) is 1. The number of nitrogens with zero attached hydrogens (tertiary/aromatic N) is 1. The summed E-state index contributed by atoms with van der Waals surface area (Å²) in [6.07, 6.45) is 5.86. The number of aliphatic hydroxyl groups is 3. The number of ketones is 2. The number of hydrogen-bond acceptors (Lipinski definition) is 10. The Morgan fingerprint density at radius 2 is 1.81 bits per heavy atom. The van der Waals surface area contributed by atoms with Crippen molar-refractivity contribution >= 4 is 28.3 Å². The number of rotatable bonds is 16. The van der Waals surface area contributed by atoms with Gasteiger partial charge >= 0.3 is 0 Å². The zero-order valence-electron chi connectivity index (χ0n) is 33.5. The Morgan fingerprint density at radius 3 is 2.59 bits per heavy atom. The molecule has 0 spiro atoms. The zero-order valence-corrected chi connectivity index (χ0v) is 33.5. The molecule has 10 N–H and O–H groups in total. The van der Waals surface area contributed by atoms with E-state index in [9.17, 15) is 35.1 Å². The van der Waals surface area contributed by atoms with Crippen molar-refractivity contribution < 1.29 is 39.9 Å².